The van der Waals surface area contributed by atoms with Crippen molar-refractivity contribution in [2.75, 3.05) is 30.3 Å². The second-order valence-electron chi connectivity index (χ2n) is 6.96. The predicted molar refractivity (Wildman–Crippen MR) is 109 cm³/mol. The molecule has 3 rings (SSSR count). The number of rotatable bonds is 5. The molecule has 0 saturated carbocycles. The van der Waals surface area contributed by atoms with Gasteiger partial charge in [-0.05, 0) is 67.3 Å². The van der Waals surface area contributed by atoms with E-state index in [4.69, 9.17) is 11.6 Å². The van der Waals surface area contributed by atoms with Crippen LogP contribution in [0.4, 0.5) is 11.4 Å². The maximum absolute atomic E-state index is 12.5. The highest BCUT2D eigenvalue weighted by atomic mass is 35.5. The molecule has 2 N–H and O–H groups in total. The standard InChI is InChI=1S/C21H24ClN3O2/c1-15-10-12-25(13-11-15)21(27)16-2-6-19(7-3-16)24-20(26)14-23-18-8-4-17(22)5-9-18/h2-9,15,23H,10-14H2,1H3,(H,24,26). The number of likely N-dealkylation sites (tertiary alicyclic amines) is 1. The van der Waals surface area contributed by atoms with Crippen molar-refractivity contribution in [1.29, 1.82) is 0 Å². The van der Waals surface area contributed by atoms with Gasteiger partial charge in [0.05, 0.1) is 6.54 Å². The molecule has 0 atom stereocenters. The van der Waals surface area contributed by atoms with Crippen molar-refractivity contribution in [2.24, 2.45) is 5.92 Å². The number of carbonyl (C=O) groups excluding carboxylic acids is 2. The molecule has 2 amide bonds. The molecule has 1 aliphatic heterocycles. The van der Waals surface area contributed by atoms with Gasteiger partial charge in [-0.2, -0.15) is 0 Å². The first-order valence-corrected chi connectivity index (χ1v) is 9.57. The van der Waals surface area contributed by atoms with Crippen molar-refractivity contribution >= 4 is 34.8 Å². The first-order valence-electron chi connectivity index (χ1n) is 9.20. The van der Waals surface area contributed by atoms with Crippen LogP contribution in [0.3, 0.4) is 0 Å². The lowest BCUT2D eigenvalue weighted by Crippen LogP contribution is -2.37. The van der Waals surface area contributed by atoms with Crippen LogP contribution in [0.1, 0.15) is 30.1 Å². The van der Waals surface area contributed by atoms with Gasteiger partial charge < -0.3 is 15.5 Å². The predicted octanol–water partition coefficient (Wildman–Crippen LogP) is 4.26. The smallest absolute Gasteiger partial charge is 0.253 e. The molecule has 0 radical (unpaired) electrons. The summed E-state index contributed by atoms with van der Waals surface area (Å²) in [5.74, 6) is 0.589. The molecule has 0 unspecified atom stereocenters. The molecule has 1 saturated heterocycles. The third-order valence-corrected chi connectivity index (χ3v) is 5.04. The number of piperidine rings is 1. The lowest BCUT2D eigenvalue weighted by molar-refractivity contribution is -0.114. The Kier molecular flexibility index (Phi) is 6.35. The van der Waals surface area contributed by atoms with E-state index >= 15 is 0 Å². The first kappa shape index (κ1) is 19.2. The summed E-state index contributed by atoms with van der Waals surface area (Å²) in [7, 11) is 0. The van der Waals surface area contributed by atoms with Crippen molar-refractivity contribution in [1.82, 2.24) is 4.90 Å². The molecule has 2 aromatic carbocycles. The number of benzene rings is 2. The number of amides is 2. The molecule has 1 fully saturated rings. The number of nitrogens with zero attached hydrogens (tertiary/aromatic N) is 1. The fourth-order valence-electron chi connectivity index (χ4n) is 3.05. The normalized spacial score (nSPS) is 14.7. The highest BCUT2D eigenvalue weighted by molar-refractivity contribution is 6.30. The highest BCUT2D eigenvalue weighted by Crippen LogP contribution is 2.19. The number of nitrogens with one attached hydrogen (secondary N) is 2. The third-order valence-electron chi connectivity index (χ3n) is 4.78. The second kappa shape index (κ2) is 8.91. The lowest BCUT2D eigenvalue weighted by atomic mass is 9.98. The van der Waals surface area contributed by atoms with Gasteiger partial charge in [-0.3, -0.25) is 9.59 Å². The number of halogens is 1. The molecule has 2 aromatic rings. The van der Waals surface area contributed by atoms with Gasteiger partial charge in [0.1, 0.15) is 0 Å². The van der Waals surface area contributed by atoms with Gasteiger partial charge in [-0.1, -0.05) is 18.5 Å². The Balaban J connectivity index is 1.50. The number of anilines is 2. The van der Waals surface area contributed by atoms with E-state index < -0.39 is 0 Å². The van der Waals surface area contributed by atoms with E-state index in [-0.39, 0.29) is 18.4 Å². The number of carbonyl (C=O) groups is 2. The first-order chi connectivity index (χ1) is 13.0. The van der Waals surface area contributed by atoms with Crippen molar-refractivity contribution in [3.05, 3.63) is 59.1 Å². The van der Waals surface area contributed by atoms with E-state index in [2.05, 4.69) is 17.6 Å². The zero-order valence-electron chi connectivity index (χ0n) is 15.4. The average Bonchev–Trinajstić information content (AvgIpc) is 2.68. The van der Waals surface area contributed by atoms with Gasteiger partial charge in [0.25, 0.3) is 5.91 Å². The molecular weight excluding hydrogens is 362 g/mol. The van der Waals surface area contributed by atoms with E-state index in [1.807, 2.05) is 17.0 Å². The summed E-state index contributed by atoms with van der Waals surface area (Å²) in [6.45, 7) is 4.00. The van der Waals surface area contributed by atoms with Gasteiger partial charge >= 0.3 is 0 Å². The minimum atomic E-state index is -0.158. The van der Waals surface area contributed by atoms with Gasteiger partial charge in [0.15, 0.2) is 0 Å². The van der Waals surface area contributed by atoms with Gasteiger partial charge in [-0.15, -0.1) is 0 Å². The summed E-state index contributed by atoms with van der Waals surface area (Å²) in [4.78, 5) is 26.5. The van der Waals surface area contributed by atoms with Crippen LogP contribution in [0.25, 0.3) is 0 Å². The lowest BCUT2D eigenvalue weighted by Gasteiger charge is -2.30. The summed E-state index contributed by atoms with van der Waals surface area (Å²) < 4.78 is 0. The Morgan fingerprint density at radius 1 is 1.00 bits per heavy atom. The molecule has 142 valence electrons. The Hall–Kier alpha value is -2.53. The summed E-state index contributed by atoms with van der Waals surface area (Å²) >= 11 is 5.84. The fourth-order valence-corrected chi connectivity index (χ4v) is 3.17. The number of hydrogen-bond donors (Lipinski definition) is 2. The summed E-state index contributed by atoms with van der Waals surface area (Å²) in [5, 5.41) is 6.51. The molecule has 27 heavy (non-hydrogen) atoms. The zero-order valence-corrected chi connectivity index (χ0v) is 16.1. The Bertz CT molecular complexity index is 782. The zero-order chi connectivity index (χ0) is 19.2. The number of hydrogen-bond acceptors (Lipinski definition) is 3. The van der Waals surface area contributed by atoms with E-state index in [0.717, 1.165) is 31.6 Å². The second-order valence-corrected chi connectivity index (χ2v) is 7.40. The Morgan fingerprint density at radius 3 is 2.22 bits per heavy atom. The molecule has 5 nitrogen and oxygen atoms in total. The molecule has 0 bridgehead atoms. The SMILES string of the molecule is CC1CCN(C(=O)c2ccc(NC(=O)CNc3ccc(Cl)cc3)cc2)CC1. The van der Waals surface area contributed by atoms with Crippen LogP contribution in [0, 0.1) is 5.92 Å². The fraction of sp³-hybridized carbons (Fsp3) is 0.333. The Labute approximate surface area is 164 Å². The average molecular weight is 386 g/mol. The van der Waals surface area contributed by atoms with Crippen LogP contribution in [-0.4, -0.2) is 36.3 Å². The van der Waals surface area contributed by atoms with Crippen LogP contribution < -0.4 is 10.6 Å². The molecule has 0 aliphatic carbocycles. The van der Waals surface area contributed by atoms with Crippen molar-refractivity contribution in [3.63, 3.8) is 0 Å². The van der Waals surface area contributed by atoms with Gasteiger partial charge in [0.2, 0.25) is 5.91 Å². The van der Waals surface area contributed by atoms with E-state index in [9.17, 15) is 9.59 Å². The highest BCUT2D eigenvalue weighted by Gasteiger charge is 2.21. The van der Waals surface area contributed by atoms with Crippen molar-refractivity contribution < 1.29 is 9.59 Å². The topological polar surface area (TPSA) is 61.4 Å². The third kappa shape index (κ3) is 5.47. The van der Waals surface area contributed by atoms with Crippen molar-refractivity contribution in [3.8, 4) is 0 Å². The summed E-state index contributed by atoms with van der Waals surface area (Å²) in [6, 6.07) is 14.2. The molecule has 6 heteroatoms. The van der Waals surface area contributed by atoms with E-state index in [1.54, 1.807) is 36.4 Å². The molecule has 0 spiro atoms. The van der Waals surface area contributed by atoms with Crippen LogP contribution in [0.5, 0.6) is 0 Å². The molecular formula is C21H24ClN3O2. The van der Waals surface area contributed by atoms with Crippen molar-refractivity contribution in [2.45, 2.75) is 19.8 Å². The molecule has 0 aromatic heterocycles. The largest absolute Gasteiger partial charge is 0.376 e. The minimum absolute atomic E-state index is 0.0594. The van der Waals surface area contributed by atoms with Crippen LogP contribution in [-0.2, 0) is 4.79 Å². The maximum Gasteiger partial charge on any atom is 0.253 e. The van der Waals surface area contributed by atoms with Gasteiger partial charge in [-0.25, -0.2) is 0 Å². The van der Waals surface area contributed by atoms with Crippen LogP contribution >= 0.6 is 11.6 Å². The summed E-state index contributed by atoms with van der Waals surface area (Å²) in [6.07, 6.45) is 2.11. The Morgan fingerprint density at radius 2 is 1.59 bits per heavy atom. The van der Waals surface area contributed by atoms with E-state index in [0.29, 0.717) is 22.2 Å². The summed E-state index contributed by atoms with van der Waals surface area (Å²) in [5.41, 5.74) is 2.15. The van der Waals surface area contributed by atoms with E-state index in [1.165, 1.54) is 0 Å². The molecule has 1 aliphatic rings. The maximum atomic E-state index is 12.5. The quantitative estimate of drug-likeness (QED) is 0.808. The monoisotopic (exact) mass is 385 g/mol. The van der Waals surface area contributed by atoms with Gasteiger partial charge in [0, 0.05) is 35.1 Å². The van der Waals surface area contributed by atoms with Crippen LogP contribution in [0.15, 0.2) is 48.5 Å². The minimum Gasteiger partial charge on any atom is -0.376 e. The van der Waals surface area contributed by atoms with Crippen LogP contribution in [0.2, 0.25) is 5.02 Å². The molecule has 1 heterocycles.